The molecule has 1 aliphatic rings. The number of amides is 1. The van der Waals surface area contributed by atoms with Gasteiger partial charge in [0.05, 0.1) is 24.7 Å². The lowest BCUT2D eigenvalue weighted by molar-refractivity contribution is -0.116. The molecule has 1 aromatic carbocycles. The highest BCUT2D eigenvalue weighted by Crippen LogP contribution is 2.23. The fourth-order valence-corrected chi connectivity index (χ4v) is 3.88. The molecule has 0 saturated carbocycles. The molecule has 162 valence electrons. The number of nitrogens with one attached hydrogen (secondary N) is 1. The first-order chi connectivity index (χ1) is 14.2. The molecule has 30 heavy (non-hydrogen) atoms. The van der Waals surface area contributed by atoms with Crippen molar-refractivity contribution in [1.29, 1.82) is 0 Å². The Morgan fingerprint density at radius 1 is 1.17 bits per heavy atom. The van der Waals surface area contributed by atoms with Gasteiger partial charge >= 0.3 is 0 Å². The molecule has 0 spiro atoms. The Balaban J connectivity index is 1.87. The van der Waals surface area contributed by atoms with Gasteiger partial charge in [0.1, 0.15) is 5.82 Å². The van der Waals surface area contributed by atoms with Crippen LogP contribution in [-0.4, -0.2) is 56.9 Å². The molecule has 1 aromatic heterocycles. The molecular formula is C21H28N4O4S. The summed E-state index contributed by atoms with van der Waals surface area (Å²) >= 11 is 0. The van der Waals surface area contributed by atoms with Gasteiger partial charge in [-0.15, -0.1) is 0 Å². The van der Waals surface area contributed by atoms with Crippen molar-refractivity contribution in [3.05, 3.63) is 36.0 Å². The first kappa shape index (κ1) is 22.2. The summed E-state index contributed by atoms with van der Waals surface area (Å²) in [7, 11) is -3.23. The van der Waals surface area contributed by atoms with Gasteiger partial charge in [-0.2, -0.15) is 0 Å². The highest BCUT2D eigenvalue weighted by molar-refractivity contribution is 7.89. The highest BCUT2D eigenvalue weighted by atomic mass is 32.2. The molecule has 1 N–H and O–H groups in total. The summed E-state index contributed by atoms with van der Waals surface area (Å²) < 4.78 is 29.1. The van der Waals surface area contributed by atoms with E-state index in [1.165, 1.54) is 6.26 Å². The molecule has 0 aliphatic carbocycles. The van der Waals surface area contributed by atoms with Crippen LogP contribution in [0.15, 0.2) is 30.3 Å². The lowest BCUT2D eigenvalue weighted by atomic mass is 10.1. The van der Waals surface area contributed by atoms with E-state index in [-0.39, 0.29) is 17.6 Å². The number of hydrogen-bond acceptors (Lipinski definition) is 7. The van der Waals surface area contributed by atoms with Gasteiger partial charge in [-0.1, -0.05) is 13.8 Å². The number of benzene rings is 1. The maximum Gasteiger partial charge on any atom is 0.224 e. The number of ether oxygens (including phenoxy) is 1. The van der Waals surface area contributed by atoms with Gasteiger partial charge in [-0.05, 0) is 30.2 Å². The number of hydrogen-bond donors (Lipinski definition) is 1. The summed E-state index contributed by atoms with van der Waals surface area (Å²) in [5, 5.41) is 2.88. The van der Waals surface area contributed by atoms with E-state index >= 15 is 0 Å². The van der Waals surface area contributed by atoms with Crippen molar-refractivity contribution in [2.24, 2.45) is 5.92 Å². The molecule has 0 atom stereocenters. The van der Waals surface area contributed by atoms with Gasteiger partial charge in [-0.25, -0.2) is 18.4 Å². The van der Waals surface area contributed by atoms with Crippen molar-refractivity contribution in [3.63, 3.8) is 0 Å². The van der Waals surface area contributed by atoms with Crippen LogP contribution < -0.4 is 10.2 Å². The monoisotopic (exact) mass is 432 g/mol. The van der Waals surface area contributed by atoms with E-state index in [0.29, 0.717) is 55.7 Å². The third-order valence-electron chi connectivity index (χ3n) is 4.53. The van der Waals surface area contributed by atoms with Crippen molar-refractivity contribution in [2.75, 3.05) is 42.8 Å². The van der Waals surface area contributed by atoms with Gasteiger partial charge in [0.25, 0.3) is 0 Å². The first-order valence-corrected chi connectivity index (χ1v) is 12.0. The van der Waals surface area contributed by atoms with Crippen LogP contribution in [0.4, 0.5) is 11.5 Å². The van der Waals surface area contributed by atoms with Crippen molar-refractivity contribution in [3.8, 4) is 11.4 Å². The molecule has 9 heteroatoms. The predicted octanol–water partition coefficient (Wildman–Crippen LogP) is 2.51. The Labute approximate surface area is 177 Å². The second kappa shape index (κ2) is 9.53. The summed E-state index contributed by atoms with van der Waals surface area (Å²) in [6, 6.07) is 8.99. The zero-order valence-corrected chi connectivity index (χ0v) is 18.4. The third kappa shape index (κ3) is 6.50. The van der Waals surface area contributed by atoms with Crippen molar-refractivity contribution in [1.82, 2.24) is 9.97 Å². The number of carbonyl (C=O) groups excluding carboxylic acids is 1. The molecule has 1 aliphatic heterocycles. The second-order valence-corrected chi connectivity index (χ2v) is 10.1. The van der Waals surface area contributed by atoms with E-state index in [4.69, 9.17) is 4.74 Å². The van der Waals surface area contributed by atoms with Crippen LogP contribution in [0.25, 0.3) is 11.4 Å². The summed E-state index contributed by atoms with van der Waals surface area (Å²) in [5.74, 6) is 1.25. The van der Waals surface area contributed by atoms with Crippen LogP contribution in [0, 0.1) is 5.92 Å². The SMILES string of the molecule is CC(C)CC(=O)Nc1ccc(-c2nc(CS(C)(=O)=O)cc(N3CCOCC3)n2)cc1. The molecule has 0 bridgehead atoms. The Morgan fingerprint density at radius 3 is 2.43 bits per heavy atom. The zero-order chi connectivity index (χ0) is 21.7. The maximum absolute atomic E-state index is 12.0. The third-order valence-corrected chi connectivity index (χ3v) is 5.35. The number of morpholine rings is 1. The number of rotatable bonds is 7. The molecule has 1 amide bonds. The van der Waals surface area contributed by atoms with Crippen LogP contribution in [0.1, 0.15) is 26.0 Å². The van der Waals surface area contributed by atoms with E-state index in [1.807, 2.05) is 26.0 Å². The Morgan fingerprint density at radius 2 is 1.83 bits per heavy atom. The van der Waals surface area contributed by atoms with Crippen LogP contribution in [0.2, 0.25) is 0 Å². The average molecular weight is 433 g/mol. The standard InChI is InChI=1S/C21H28N4O4S/c1-15(2)12-20(26)22-17-6-4-16(5-7-17)21-23-18(14-30(3,27)28)13-19(24-21)25-8-10-29-11-9-25/h4-7,13,15H,8-12,14H2,1-3H3,(H,22,26). The van der Waals surface area contributed by atoms with Crippen LogP contribution in [-0.2, 0) is 25.1 Å². The summed E-state index contributed by atoms with van der Waals surface area (Å²) in [4.78, 5) is 23.2. The van der Waals surface area contributed by atoms with E-state index in [0.717, 1.165) is 5.56 Å². The van der Waals surface area contributed by atoms with Crippen LogP contribution in [0.3, 0.4) is 0 Å². The predicted molar refractivity (Wildman–Crippen MR) is 117 cm³/mol. The molecule has 8 nitrogen and oxygen atoms in total. The molecule has 2 aromatic rings. The molecular weight excluding hydrogens is 404 g/mol. The smallest absolute Gasteiger partial charge is 0.224 e. The lowest BCUT2D eigenvalue weighted by Crippen LogP contribution is -2.37. The fourth-order valence-electron chi connectivity index (χ4n) is 3.19. The number of anilines is 2. The van der Waals surface area contributed by atoms with E-state index < -0.39 is 9.84 Å². The average Bonchev–Trinajstić information content (AvgIpc) is 2.67. The Bertz CT molecular complexity index is 985. The summed E-state index contributed by atoms with van der Waals surface area (Å²) in [6.45, 7) is 6.58. The van der Waals surface area contributed by atoms with Crippen molar-refractivity contribution < 1.29 is 17.9 Å². The van der Waals surface area contributed by atoms with Crippen LogP contribution in [0.5, 0.6) is 0 Å². The molecule has 1 fully saturated rings. The zero-order valence-electron chi connectivity index (χ0n) is 17.6. The summed E-state index contributed by atoms with van der Waals surface area (Å²) in [5.41, 5.74) is 1.91. The minimum absolute atomic E-state index is 0.0289. The highest BCUT2D eigenvalue weighted by Gasteiger charge is 2.17. The molecule has 0 unspecified atom stereocenters. The Hall–Kier alpha value is -2.52. The normalized spacial score (nSPS) is 14.7. The van der Waals surface area contributed by atoms with E-state index in [2.05, 4.69) is 20.2 Å². The number of aromatic nitrogens is 2. The van der Waals surface area contributed by atoms with Gasteiger partial charge in [0.15, 0.2) is 15.7 Å². The molecule has 1 saturated heterocycles. The van der Waals surface area contributed by atoms with Gasteiger partial charge in [0, 0.05) is 43.1 Å². The molecule has 3 rings (SSSR count). The first-order valence-electron chi connectivity index (χ1n) is 9.98. The Kier molecular flexibility index (Phi) is 7.04. The van der Waals surface area contributed by atoms with E-state index in [9.17, 15) is 13.2 Å². The largest absolute Gasteiger partial charge is 0.378 e. The quantitative estimate of drug-likeness (QED) is 0.717. The van der Waals surface area contributed by atoms with Gasteiger partial charge in [0.2, 0.25) is 5.91 Å². The number of carbonyl (C=O) groups is 1. The van der Waals surface area contributed by atoms with Crippen molar-refractivity contribution in [2.45, 2.75) is 26.0 Å². The van der Waals surface area contributed by atoms with Crippen LogP contribution >= 0.6 is 0 Å². The molecule has 0 radical (unpaired) electrons. The van der Waals surface area contributed by atoms with Gasteiger partial charge in [-0.3, -0.25) is 4.79 Å². The minimum Gasteiger partial charge on any atom is -0.378 e. The topological polar surface area (TPSA) is 101 Å². The molecule has 2 heterocycles. The van der Waals surface area contributed by atoms with Gasteiger partial charge < -0.3 is 15.0 Å². The fraction of sp³-hybridized carbons (Fsp3) is 0.476. The number of nitrogens with zero attached hydrogens (tertiary/aromatic N) is 3. The second-order valence-electron chi connectivity index (χ2n) is 7.93. The summed E-state index contributed by atoms with van der Waals surface area (Å²) in [6.07, 6.45) is 1.65. The number of sulfone groups is 1. The minimum atomic E-state index is -3.23. The van der Waals surface area contributed by atoms with Crippen molar-refractivity contribution >= 4 is 27.2 Å². The van der Waals surface area contributed by atoms with E-state index in [1.54, 1.807) is 18.2 Å². The lowest BCUT2D eigenvalue weighted by Gasteiger charge is -2.28. The maximum atomic E-state index is 12.0.